The molecule has 0 fully saturated rings. The first kappa shape index (κ1) is 15.6. The lowest BCUT2D eigenvalue weighted by Gasteiger charge is -2.15. The average molecular weight is 396 g/mol. The lowest BCUT2D eigenvalue weighted by Crippen LogP contribution is -2.31. The highest BCUT2D eigenvalue weighted by Crippen LogP contribution is 2.17. The smallest absolute Gasteiger partial charge is 0.246 e. The van der Waals surface area contributed by atoms with Crippen LogP contribution in [0.5, 0.6) is 5.75 Å². The highest BCUT2D eigenvalue weighted by molar-refractivity contribution is 14.1. The lowest BCUT2D eigenvalue weighted by molar-refractivity contribution is -0.116. The van der Waals surface area contributed by atoms with Gasteiger partial charge in [0.05, 0.1) is 7.11 Å². The number of carbonyl (C=O) groups is 1. The van der Waals surface area contributed by atoms with Crippen molar-refractivity contribution >= 4 is 39.9 Å². The molecule has 21 heavy (non-hydrogen) atoms. The van der Waals surface area contributed by atoms with Crippen LogP contribution in [0.1, 0.15) is 6.92 Å². The van der Waals surface area contributed by atoms with E-state index in [9.17, 15) is 4.79 Å². The van der Waals surface area contributed by atoms with E-state index in [2.05, 4.69) is 33.2 Å². The molecule has 1 atom stereocenters. The van der Waals surface area contributed by atoms with E-state index >= 15 is 0 Å². The molecule has 0 aliphatic rings. The quantitative estimate of drug-likeness (QED) is 0.758. The highest BCUT2D eigenvalue weighted by Gasteiger charge is 2.13. The molecule has 2 rings (SSSR count). The normalized spacial score (nSPS) is 11.6. The maximum atomic E-state index is 12.2. The van der Waals surface area contributed by atoms with Gasteiger partial charge in [-0.25, -0.2) is 0 Å². The number of rotatable bonds is 5. The molecular formula is C16H17IN2O2. The fourth-order valence-electron chi connectivity index (χ4n) is 1.81. The molecule has 0 radical (unpaired) electrons. The van der Waals surface area contributed by atoms with Gasteiger partial charge in [-0.1, -0.05) is 6.07 Å². The number of hydrogen-bond acceptors (Lipinski definition) is 3. The second-order valence-electron chi connectivity index (χ2n) is 4.59. The minimum Gasteiger partial charge on any atom is -0.497 e. The standard InChI is InChI=1S/C16H17IN2O2/c1-11(18-13-8-6-12(17)7-9-13)16(20)19-14-4-3-5-15(10-14)21-2/h3-11,18H,1-2H3,(H,19,20)/t11-/m0/s1. The third-order valence-corrected chi connectivity index (χ3v) is 3.68. The Morgan fingerprint density at radius 2 is 1.86 bits per heavy atom. The molecule has 0 unspecified atom stereocenters. The van der Waals surface area contributed by atoms with Gasteiger partial charge in [0, 0.05) is 21.0 Å². The first-order chi connectivity index (χ1) is 10.1. The van der Waals surface area contributed by atoms with Crippen molar-refractivity contribution in [3.8, 4) is 5.75 Å². The fraction of sp³-hybridized carbons (Fsp3) is 0.188. The van der Waals surface area contributed by atoms with Gasteiger partial charge in [-0.05, 0) is 65.9 Å². The van der Waals surface area contributed by atoms with Crippen LogP contribution in [0.25, 0.3) is 0 Å². The molecule has 0 spiro atoms. The van der Waals surface area contributed by atoms with Crippen LogP contribution in [0.2, 0.25) is 0 Å². The Balaban J connectivity index is 1.97. The Morgan fingerprint density at radius 1 is 1.14 bits per heavy atom. The van der Waals surface area contributed by atoms with Crippen LogP contribution in [0, 0.1) is 3.57 Å². The second-order valence-corrected chi connectivity index (χ2v) is 5.84. The van der Waals surface area contributed by atoms with Crippen molar-refractivity contribution in [1.29, 1.82) is 0 Å². The van der Waals surface area contributed by atoms with E-state index in [0.717, 1.165) is 14.9 Å². The maximum Gasteiger partial charge on any atom is 0.246 e. The summed E-state index contributed by atoms with van der Waals surface area (Å²) in [5.41, 5.74) is 1.64. The topological polar surface area (TPSA) is 50.4 Å². The van der Waals surface area contributed by atoms with Gasteiger partial charge in [0.25, 0.3) is 0 Å². The summed E-state index contributed by atoms with van der Waals surface area (Å²) in [5.74, 6) is 0.618. The first-order valence-electron chi connectivity index (χ1n) is 6.55. The summed E-state index contributed by atoms with van der Waals surface area (Å²) in [6.07, 6.45) is 0. The predicted octanol–water partition coefficient (Wildman–Crippen LogP) is 3.74. The summed E-state index contributed by atoms with van der Waals surface area (Å²) in [5, 5.41) is 6.04. The monoisotopic (exact) mass is 396 g/mol. The van der Waals surface area contributed by atoms with Gasteiger partial charge >= 0.3 is 0 Å². The number of carbonyl (C=O) groups excluding carboxylic acids is 1. The molecule has 0 saturated carbocycles. The van der Waals surface area contributed by atoms with E-state index < -0.39 is 0 Å². The van der Waals surface area contributed by atoms with Gasteiger partial charge in [-0.15, -0.1) is 0 Å². The molecule has 0 saturated heterocycles. The highest BCUT2D eigenvalue weighted by atomic mass is 127. The molecule has 0 aromatic heterocycles. The molecule has 0 bridgehead atoms. The Morgan fingerprint density at radius 3 is 2.52 bits per heavy atom. The Kier molecular flexibility index (Phi) is 5.44. The number of benzene rings is 2. The van der Waals surface area contributed by atoms with E-state index in [-0.39, 0.29) is 11.9 Å². The van der Waals surface area contributed by atoms with E-state index in [0.29, 0.717) is 5.75 Å². The molecule has 4 nitrogen and oxygen atoms in total. The van der Waals surface area contributed by atoms with Crippen molar-refractivity contribution < 1.29 is 9.53 Å². The predicted molar refractivity (Wildman–Crippen MR) is 93.9 cm³/mol. The third kappa shape index (κ3) is 4.63. The van der Waals surface area contributed by atoms with Crippen LogP contribution in [0.3, 0.4) is 0 Å². The van der Waals surface area contributed by atoms with Crippen LogP contribution in [0.4, 0.5) is 11.4 Å². The van der Waals surface area contributed by atoms with E-state index in [1.165, 1.54) is 0 Å². The SMILES string of the molecule is COc1cccc(NC(=O)[C@H](C)Nc2ccc(I)cc2)c1. The molecule has 2 aromatic rings. The zero-order chi connectivity index (χ0) is 15.2. The number of anilines is 2. The van der Waals surface area contributed by atoms with Crippen LogP contribution in [-0.4, -0.2) is 19.1 Å². The van der Waals surface area contributed by atoms with Crippen LogP contribution >= 0.6 is 22.6 Å². The van der Waals surface area contributed by atoms with E-state index in [4.69, 9.17) is 4.74 Å². The van der Waals surface area contributed by atoms with Gasteiger partial charge in [0.15, 0.2) is 0 Å². The number of amides is 1. The molecule has 110 valence electrons. The third-order valence-electron chi connectivity index (χ3n) is 2.96. The molecule has 1 amide bonds. The van der Waals surface area contributed by atoms with Gasteiger partial charge in [0.2, 0.25) is 5.91 Å². The van der Waals surface area contributed by atoms with Crippen LogP contribution in [-0.2, 0) is 4.79 Å². The van der Waals surface area contributed by atoms with Crippen molar-refractivity contribution in [3.05, 3.63) is 52.1 Å². The zero-order valence-corrected chi connectivity index (χ0v) is 14.0. The molecule has 0 aliphatic heterocycles. The van der Waals surface area contributed by atoms with Gasteiger partial charge < -0.3 is 15.4 Å². The average Bonchev–Trinajstić information content (AvgIpc) is 2.49. The van der Waals surface area contributed by atoms with Crippen molar-refractivity contribution in [2.45, 2.75) is 13.0 Å². The summed E-state index contributed by atoms with van der Waals surface area (Å²) in [6.45, 7) is 1.83. The number of ether oxygens (including phenoxy) is 1. The largest absolute Gasteiger partial charge is 0.497 e. The fourth-order valence-corrected chi connectivity index (χ4v) is 2.17. The number of methoxy groups -OCH3 is 1. The van der Waals surface area contributed by atoms with Crippen LogP contribution < -0.4 is 15.4 Å². The van der Waals surface area contributed by atoms with Crippen molar-refractivity contribution in [1.82, 2.24) is 0 Å². The molecular weight excluding hydrogens is 379 g/mol. The van der Waals surface area contributed by atoms with Gasteiger partial charge in [0.1, 0.15) is 11.8 Å². The van der Waals surface area contributed by atoms with Gasteiger partial charge in [-0.2, -0.15) is 0 Å². The van der Waals surface area contributed by atoms with Crippen molar-refractivity contribution in [2.24, 2.45) is 0 Å². The van der Waals surface area contributed by atoms with Crippen molar-refractivity contribution in [3.63, 3.8) is 0 Å². The van der Waals surface area contributed by atoms with Crippen LogP contribution in [0.15, 0.2) is 48.5 Å². The Labute approximate surface area is 138 Å². The minimum atomic E-state index is -0.337. The Bertz CT molecular complexity index is 614. The van der Waals surface area contributed by atoms with E-state index in [1.807, 2.05) is 49.4 Å². The lowest BCUT2D eigenvalue weighted by atomic mass is 10.2. The maximum absolute atomic E-state index is 12.2. The molecule has 2 aromatic carbocycles. The molecule has 0 heterocycles. The molecule has 5 heteroatoms. The summed E-state index contributed by atoms with van der Waals surface area (Å²) in [6, 6.07) is 14.9. The number of nitrogens with one attached hydrogen (secondary N) is 2. The summed E-state index contributed by atoms with van der Waals surface area (Å²) in [4.78, 5) is 12.2. The summed E-state index contributed by atoms with van der Waals surface area (Å²) < 4.78 is 6.30. The Hall–Kier alpha value is -1.76. The van der Waals surface area contributed by atoms with Crippen molar-refractivity contribution in [2.75, 3.05) is 17.7 Å². The van der Waals surface area contributed by atoms with Gasteiger partial charge in [-0.3, -0.25) is 4.79 Å². The zero-order valence-electron chi connectivity index (χ0n) is 11.9. The summed E-state index contributed by atoms with van der Waals surface area (Å²) in [7, 11) is 1.60. The number of halogens is 1. The van der Waals surface area contributed by atoms with E-state index in [1.54, 1.807) is 13.2 Å². The first-order valence-corrected chi connectivity index (χ1v) is 7.63. The summed E-state index contributed by atoms with van der Waals surface area (Å²) >= 11 is 2.25. The second kappa shape index (κ2) is 7.31. The minimum absolute atomic E-state index is 0.0956. The molecule has 2 N–H and O–H groups in total. The number of hydrogen-bond donors (Lipinski definition) is 2. The molecule has 0 aliphatic carbocycles.